The molecule has 0 saturated carbocycles. The Hall–Kier alpha value is -2.15. The van der Waals surface area contributed by atoms with Gasteiger partial charge in [0.15, 0.2) is 5.11 Å². The molecule has 0 atom stereocenters. The van der Waals surface area contributed by atoms with Crippen molar-refractivity contribution >= 4 is 67.7 Å². The van der Waals surface area contributed by atoms with Crippen molar-refractivity contribution in [2.24, 2.45) is 0 Å². The first-order chi connectivity index (χ1) is 12.4. The number of hydrogen-bond acceptors (Lipinski definition) is 4. The lowest BCUT2D eigenvalue weighted by atomic mass is 10.1. The van der Waals surface area contributed by atoms with E-state index in [-0.39, 0.29) is 0 Å². The highest BCUT2D eigenvalue weighted by atomic mass is 35.5. The van der Waals surface area contributed by atoms with Gasteiger partial charge in [-0.05, 0) is 61.5 Å². The summed E-state index contributed by atoms with van der Waals surface area (Å²) < 4.78 is 5.65. The monoisotopic (exact) mass is 404 g/mol. The van der Waals surface area contributed by atoms with Crippen molar-refractivity contribution in [3.8, 4) is 0 Å². The maximum absolute atomic E-state index is 11.8. The van der Waals surface area contributed by atoms with Crippen LogP contribution in [0.5, 0.6) is 0 Å². The molecule has 0 fully saturated rings. The topological polar surface area (TPSA) is 50.4 Å². The maximum Gasteiger partial charge on any atom is 0.349 e. The Morgan fingerprint density at radius 3 is 2.69 bits per heavy atom. The van der Waals surface area contributed by atoms with Crippen molar-refractivity contribution in [2.75, 3.05) is 17.7 Å². The fourth-order valence-corrected chi connectivity index (χ4v) is 4.23. The van der Waals surface area contributed by atoms with Crippen molar-refractivity contribution in [1.82, 2.24) is 0 Å². The van der Waals surface area contributed by atoms with Gasteiger partial charge < -0.3 is 15.4 Å². The van der Waals surface area contributed by atoms with Gasteiger partial charge in [-0.3, -0.25) is 0 Å². The van der Waals surface area contributed by atoms with E-state index in [9.17, 15) is 4.79 Å². The van der Waals surface area contributed by atoms with Crippen molar-refractivity contribution in [1.29, 1.82) is 0 Å². The zero-order chi connectivity index (χ0) is 18.8. The first-order valence-corrected chi connectivity index (χ1v) is 9.45. The summed E-state index contributed by atoms with van der Waals surface area (Å²) in [6.07, 6.45) is 0. The minimum absolute atomic E-state index is 0.400. The number of anilines is 2. The summed E-state index contributed by atoms with van der Waals surface area (Å²) in [7, 11) is 1.34. The fourth-order valence-electron chi connectivity index (χ4n) is 2.54. The molecule has 7 heteroatoms. The Morgan fingerprint density at radius 2 is 1.96 bits per heavy atom. The van der Waals surface area contributed by atoms with Crippen LogP contribution in [0, 0.1) is 13.8 Å². The van der Waals surface area contributed by atoms with Gasteiger partial charge in [0.05, 0.1) is 12.1 Å². The fraction of sp³-hybridized carbons (Fsp3) is 0.158. The van der Waals surface area contributed by atoms with E-state index in [1.54, 1.807) is 0 Å². The first-order valence-electron chi connectivity index (χ1n) is 7.85. The molecular weight excluding hydrogens is 388 g/mol. The van der Waals surface area contributed by atoms with Crippen LogP contribution in [0.3, 0.4) is 0 Å². The van der Waals surface area contributed by atoms with E-state index >= 15 is 0 Å². The second kappa shape index (κ2) is 7.61. The van der Waals surface area contributed by atoms with Gasteiger partial charge >= 0.3 is 5.97 Å². The number of aryl methyl sites for hydroxylation is 1. The first kappa shape index (κ1) is 18.6. The smallest absolute Gasteiger partial charge is 0.349 e. The molecule has 3 aromatic rings. The number of halogens is 1. The number of ether oxygens (including phenoxy) is 1. The van der Waals surface area contributed by atoms with E-state index in [2.05, 4.69) is 23.6 Å². The van der Waals surface area contributed by atoms with Crippen LogP contribution in [0.2, 0.25) is 5.02 Å². The molecule has 26 heavy (non-hydrogen) atoms. The Kier molecular flexibility index (Phi) is 5.46. The second-order valence-electron chi connectivity index (χ2n) is 5.77. The normalized spacial score (nSPS) is 10.6. The molecule has 0 aliphatic rings. The molecule has 0 radical (unpaired) electrons. The Morgan fingerprint density at radius 1 is 1.19 bits per heavy atom. The third-order valence-electron chi connectivity index (χ3n) is 4.11. The number of benzene rings is 2. The van der Waals surface area contributed by atoms with Crippen molar-refractivity contribution in [3.05, 3.63) is 57.4 Å². The average molecular weight is 405 g/mol. The number of fused-ring (bicyclic) bond motifs is 1. The van der Waals surface area contributed by atoms with Gasteiger partial charge in [0.2, 0.25) is 0 Å². The molecule has 0 spiro atoms. The number of nitrogens with one attached hydrogen (secondary N) is 2. The summed E-state index contributed by atoms with van der Waals surface area (Å²) in [4.78, 5) is 12.2. The summed E-state index contributed by atoms with van der Waals surface area (Å²) in [5, 5.41) is 8.11. The zero-order valence-electron chi connectivity index (χ0n) is 14.5. The van der Waals surface area contributed by atoms with Crippen LogP contribution in [0.25, 0.3) is 10.1 Å². The number of thiocarbonyl (C=S) groups is 1. The Balaban J connectivity index is 1.81. The van der Waals surface area contributed by atoms with Crippen LogP contribution >= 0.6 is 35.2 Å². The van der Waals surface area contributed by atoms with Gasteiger partial charge in [0.25, 0.3) is 0 Å². The molecule has 0 amide bonds. The quantitative estimate of drug-likeness (QED) is 0.429. The maximum atomic E-state index is 11.8. The van der Waals surface area contributed by atoms with Gasteiger partial charge in [-0.25, -0.2) is 4.79 Å². The molecular formula is C19H17ClN2O2S2. The number of hydrogen-bond donors (Lipinski definition) is 2. The molecule has 134 valence electrons. The molecule has 3 rings (SSSR count). The predicted octanol–water partition coefficient (Wildman–Crippen LogP) is 5.77. The molecule has 4 nitrogen and oxygen atoms in total. The number of esters is 1. The zero-order valence-corrected chi connectivity index (χ0v) is 16.9. The standard InChI is InChI=1S/C19H17ClN2O2S2/c1-10-5-4-6-14(11(10)2)22-19(25)21-12-7-8-13-15(9-12)26-17(16(13)20)18(23)24-3/h4-9H,1-3H3,(H2,21,22,25). The van der Waals surface area contributed by atoms with Gasteiger partial charge in [-0.2, -0.15) is 0 Å². The van der Waals surface area contributed by atoms with E-state index in [0.717, 1.165) is 27.0 Å². The lowest BCUT2D eigenvalue weighted by Gasteiger charge is -2.13. The lowest BCUT2D eigenvalue weighted by molar-refractivity contribution is 0.0606. The van der Waals surface area contributed by atoms with Gasteiger partial charge in [-0.15, -0.1) is 11.3 Å². The SMILES string of the molecule is COC(=O)c1sc2cc(NC(=S)Nc3cccc(C)c3C)ccc2c1Cl. The Bertz CT molecular complexity index is 1010. The molecule has 0 bridgehead atoms. The van der Waals surface area contributed by atoms with E-state index in [0.29, 0.717) is 15.0 Å². The van der Waals surface area contributed by atoms with Crippen molar-refractivity contribution < 1.29 is 9.53 Å². The highest BCUT2D eigenvalue weighted by Gasteiger charge is 2.17. The minimum atomic E-state index is -0.433. The van der Waals surface area contributed by atoms with Crippen LogP contribution in [0.15, 0.2) is 36.4 Å². The number of thiophene rings is 1. The number of rotatable bonds is 3. The third kappa shape index (κ3) is 3.67. The molecule has 2 N–H and O–H groups in total. The van der Waals surface area contributed by atoms with Gasteiger partial charge in [0, 0.05) is 21.5 Å². The van der Waals surface area contributed by atoms with Gasteiger partial charge in [-0.1, -0.05) is 23.7 Å². The van der Waals surface area contributed by atoms with Crippen LogP contribution in [0.1, 0.15) is 20.8 Å². The van der Waals surface area contributed by atoms with Crippen LogP contribution in [-0.2, 0) is 4.74 Å². The molecule has 1 heterocycles. The Labute approximate surface area is 166 Å². The summed E-state index contributed by atoms with van der Waals surface area (Å²) in [6.45, 7) is 4.11. The highest BCUT2D eigenvalue weighted by molar-refractivity contribution is 7.80. The average Bonchev–Trinajstić information content (AvgIpc) is 2.94. The third-order valence-corrected chi connectivity index (χ3v) is 5.95. The van der Waals surface area contributed by atoms with E-state index in [4.69, 9.17) is 28.6 Å². The van der Waals surface area contributed by atoms with Crippen molar-refractivity contribution in [2.45, 2.75) is 13.8 Å². The second-order valence-corrected chi connectivity index (χ2v) is 7.61. The number of methoxy groups -OCH3 is 1. The predicted molar refractivity (Wildman–Crippen MR) is 114 cm³/mol. The largest absolute Gasteiger partial charge is 0.465 e. The molecule has 2 aromatic carbocycles. The summed E-state index contributed by atoms with van der Waals surface area (Å²) >= 11 is 13.0. The highest BCUT2D eigenvalue weighted by Crippen LogP contribution is 2.37. The van der Waals surface area contributed by atoms with E-state index in [1.807, 2.05) is 37.3 Å². The molecule has 0 unspecified atom stereocenters. The molecule has 0 aliphatic heterocycles. The van der Waals surface area contributed by atoms with E-state index in [1.165, 1.54) is 24.0 Å². The molecule has 0 saturated heterocycles. The number of carbonyl (C=O) groups is 1. The summed E-state index contributed by atoms with van der Waals surface area (Å²) in [5.74, 6) is -0.433. The minimum Gasteiger partial charge on any atom is -0.465 e. The molecule has 0 aliphatic carbocycles. The summed E-state index contributed by atoms with van der Waals surface area (Å²) in [6, 6.07) is 11.7. The summed E-state index contributed by atoms with van der Waals surface area (Å²) in [5.41, 5.74) is 4.13. The van der Waals surface area contributed by atoms with Crippen molar-refractivity contribution in [3.63, 3.8) is 0 Å². The van der Waals surface area contributed by atoms with Gasteiger partial charge in [0.1, 0.15) is 4.88 Å². The van der Waals surface area contributed by atoms with E-state index < -0.39 is 5.97 Å². The van der Waals surface area contributed by atoms with Crippen LogP contribution in [-0.4, -0.2) is 18.2 Å². The van der Waals surface area contributed by atoms with Crippen LogP contribution < -0.4 is 10.6 Å². The van der Waals surface area contributed by atoms with Crippen LogP contribution in [0.4, 0.5) is 11.4 Å². The molecule has 1 aromatic heterocycles. The lowest BCUT2D eigenvalue weighted by Crippen LogP contribution is -2.19. The number of carbonyl (C=O) groups excluding carboxylic acids is 1.